The lowest BCUT2D eigenvalue weighted by molar-refractivity contribution is 0.00578. The Labute approximate surface area is 208 Å². The summed E-state index contributed by atoms with van der Waals surface area (Å²) in [6.07, 6.45) is 1.38. The van der Waals surface area contributed by atoms with Crippen LogP contribution in [0, 0.1) is 0 Å². The molecule has 35 heavy (non-hydrogen) atoms. The molecule has 1 atom stereocenters. The third-order valence-electron chi connectivity index (χ3n) is 7.29. The first kappa shape index (κ1) is 25.5. The fraction of sp³-hybridized carbons (Fsp3) is 0.538. The van der Waals surface area contributed by atoms with Crippen molar-refractivity contribution < 1.29 is 23.6 Å². The standard InChI is InChI=1S/C26H36BN3O5/c1-19(32-6)23-22(27-34-25(2,3)26(4,5)35-27)16-21(17-28-23)29-12-14-30(15-13-29)24(31)33-18-20-10-8-7-9-11-20/h7-11,16-17,19H,12-15,18H2,1-6H3/t19-/m0/s1. The normalized spacial score (nSPS) is 20.1. The van der Waals surface area contributed by atoms with Crippen molar-refractivity contribution in [2.75, 3.05) is 38.2 Å². The molecule has 3 heterocycles. The van der Waals surface area contributed by atoms with Gasteiger partial charge in [-0.05, 0) is 46.2 Å². The summed E-state index contributed by atoms with van der Waals surface area (Å²) < 4.78 is 23.7. The fourth-order valence-electron chi connectivity index (χ4n) is 4.22. The van der Waals surface area contributed by atoms with Crippen LogP contribution < -0.4 is 10.4 Å². The van der Waals surface area contributed by atoms with E-state index in [0.29, 0.717) is 26.2 Å². The highest BCUT2D eigenvalue weighted by atomic mass is 16.7. The molecule has 0 spiro atoms. The number of piperazine rings is 1. The number of aromatic nitrogens is 1. The van der Waals surface area contributed by atoms with Gasteiger partial charge in [-0.25, -0.2) is 4.79 Å². The Bertz CT molecular complexity index is 1010. The molecule has 1 aromatic carbocycles. The lowest BCUT2D eigenvalue weighted by Crippen LogP contribution is -2.49. The first-order valence-corrected chi connectivity index (χ1v) is 12.2. The van der Waals surface area contributed by atoms with Crippen LogP contribution in [0.2, 0.25) is 0 Å². The molecule has 2 aromatic rings. The molecule has 1 aromatic heterocycles. The monoisotopic (exact) mass is 481 g/mol. The van der Waals surface area contributed by atoms with Gasteiger partial charge in [0.05, 0.1) is 34.9 Å². The Morgan fingerprint density at radius 1 is 1.09 bits per heavy atom. The fourth-order valence-corrected chi connectivity index (χ4v) is 4.22. The van der Waals surface area contributed by atoms with Gasteiger partial charge in [-0.3, -0.25) is 4.98 Å². The molecule has 1 amide bonds. The number of pyridine rings is 1. The van der Waals surface area contributed by atoms with Crippen LogP contribution >= 0.6 is 0 Å². The number of hydrogen-bond acceptors (Lipinski definition) is 7. The van der Waals surface area contributed by atoms with Gasteiger partial charge in [-0.2, -0.15) is 0 Å². The minimum Gasteiger partial charge on any atom is -0.445 e. The van der Waals surface area contributed by atoms with Gasteiger partial charge in [0.2, 0.25) is 0 Å². The molecule has 9 heteroatoms. The van der Waals surface area contributed by atoms with Crippen LogP contribution in [0.25, 0.3) is 0 Å². The third-order valence-corrected chi connectivity index (χ3v) is 7.29. The number of anilines is 1. The van der Waals surface area contributed by atoms with Crippen molar-refractivity contribution in [2.24, 2.45) is 0 Å². The molecule has 4 rings (SSSR count). The lowest BCUT2D eigenvalue weighted by atomic mass is 9.76. The number of nitrogens with zero attached hydrogens (tertiary/aromatic N) is 3. The van der Waals surface area contributed by atoms with E-state index in [4.69, 9.17) is 23.8 Å². The second-order valence-electron chi connectivity index (χ2n) is 10.1. The summed E-state index contributed by atoms with van der Waals surface area (Å²) in [6, 6.07) is 11.8. The summed E-state index contributed by atoms with van der Waals surface area (Å²) in [4.78, 5) is 21.3. The van der Waals surface area contributed by atoms with Crippen LogP contribution in [0.15, 0.2) is 42.6 Å². The zero-order chi connectivity index (χ0) is 25.2. The molecular formula is C26H36BN3O5. The van der Waals surface area contributed by atoms with Gasteiger partial charge in [-0.1, -0.05) is 30.3 Å². The summed E-state index contributed by atoms with van der Waals surface area (Å²) in [6.45, 7) is 12.9. The average molecular weight is 481 g/mol. The van der Waals surface area contributed by atoms with Crippen LogP contribution in [-0.4, -0.2) is 67.6 Å². The van der Waals surface area contributed by atoms with E-state index in [0.717, 1.165) is 22.4 Å². The molecule has 0 radical (unpaired) electrons. The number of hydrogen-bond donors (Lipinski definition) is 0. The quantitative estimate of drug-likeness (QED) is 0.585. The molecule has 2 saturated heterocycles. The summed E-state index contributed by atoms with van der Waals surface area (Å²) in [5.41, 5.74) is 2.73. The van der Waals surface area contributed by atoms with Crippen LogP contribution in [0.5, 0.6) is 0 Å². The Kier molecular flexibility index (Phi) is 7.40. The van der Waals surface area contributed by atoms with E-state index >= 15 is 0 Å². The number of rotatable bonds is 6. The van der Waals surface area contributed by atoms with Gasteiger partial charge >= 0.3 is 13.2 Å². The molecule has 0 bridgehead atoms. The smallest absolute Gasteiger partial charge is 0.445 e. The van der Waals surface area contributed by atoms with Crippen molar-refractivity contribution in [2.45, 2.75) is 58.5 Å². The molecule has 0 aliphatic carbocycles. The number of carbonyl (C=O) groups is 1. The van der Waals surface area contributed by atoms with Gasteiger partial charge < -0.3 is 28.6 Å². The van der Waals surface area contributed by atoms with Gasteiger partial charge in [-0.15, -0.1) is 0 Å². The Morgan fingerprint density at radius 2 is 1.71 bits per heavy atom. The minimum absolute atomic E-state index is 0.200. The van der Waals surface area contributed by atoms with Crippen molar-refractivity contribution in [3.05, 3.63) is 53.9 Å². The van der Waals surface area contributed by atoms with Crippen molar-refractivity contribution in [3.8, 4) is 0 Å². The van der Waals surface area contributed by atoms with Gasteiger partial charge in [0.1, 0.15) is 6.61 Å². The molecule has 0 N–H and O–H groups in total. The predicted molar refractivity (Wildman–Crippen MR) is 136 cm³/mol. The van der Waals surface area contributed by atoms with Crippen LogP contribution in [0.1, 0.15) is 52.0 Å². The van der Waals surface area contributed by atoms with Gasteiger partial charge in [0.25, 0.3) is 0 Å². The maximum Gasteiger partial charge on any atom is 0.496 e. The second kappa shape index (κ2) is 10.2. The number of ether oxygens (including phenoxy) is 2. The maximum absolute atomic E-state index is 12.5. The number of carbonyl (C=O) groups excluding carboxylic acids is 1. The highest BCUT2D eigenvalue weighted by Crippen LogP contribution is 2.37. The first-order chi connectivity index (χ1) is 16.6. The third kappa shape index (κ3) is 5.47. The van der Waals surface area contributed by atoms with Crippen molar-refractivity contribution >= 4 is 24.4 Å². The Balaban J connectivity index is 1.44. The van der Waals surface area contributed by atoms with Gasteiger partial charge in [0.15, 0.2) is 0 Å². The van der Waals surface area contributed by atoms with E-state index in [-0.39, 0.29) is 18.8 Å². The highest BCUT2D eigenvalue weighted by molar-refractivity contribution is 6.62. The minimum atomic E-state index is -0.533. The number of benzene rings is 1. The summed E-state index contributed by atoms with van der Waals surface area (Å²) in [5.74, 6) is 0. The SMILES string of the molecule is CO[C@@H](C)c1ncc(N2CCN(C(=O)OCc3ccccc3)CC2)cc1B1OC(C)(C)C(C)(C)O1. The second-order valence-corrected chi connectivity index (χ2v) is 10.1. The number of amides is 1. The molecular weight excluding hydrogens is 445 g/mol. The zero-order valence-corrected chi connectivity index (χ0v) is 21.6. The topological polar surface area (TPSA) is 73.4 Å². The first-order valence-electron chi connectivity index (χ1n) is 12.2. The van der Waals surface area contributed by atoms with Gasteiger partial charge in [0, 0.05) is 38.8 Å². The molecule has 2 fully saturated rings. The predicted octanol–water partition coefficient (Wildman–Crippen LogP) is 3.55. The highest BCUT2D eigenvalue weighted by Gasteiger charge is 2.52. The van der Waals surface area contributed by atoms with Crippen molar-refractivity contribution in [1.82, 2.24) is 9.88 Å². The lowest BCUT2D eigenvalue weighted by Gasteiger charge is -2.35. The van der Waals surface area contributed by atoms with Crippen molar-refractivity contribution in [3.63, 3.8) is 0 Å². The van der Waals surface area contributed by atoms with Crippen LogP contribution in [0.4, 0.5) is 10.5 Å². The Hall–Kier alpha value is -2.62. The van der Waals surface area contributed by atoms with E-state index in [9.17, 15) is 4.79 Å². The maximum atomic E-state index is 12.5. The van der Waals surface area contributed by atoms with Crippen LogP contribution in [0.3, 0.4) is 0 Å². The van der Waals surface area contributed by atoms with E-state index in [2.05, 4.69) is 11.0 Å². The molecule has 2 aliphatic heterocycles. The van der Waals surface area contributed by atoms with E-state index in [1.165, 1.54) is 0 Å². The molecule has 0 unspecified atom stereocenters. The summed E-state index contributed by atoms with van der Waals surface area (Å²) in [5, 5.41) is 0. The Morgan fingerprint density at radius 3 is 2.31 bits per heavy atom. The molecule has 2 aliphatic rings. The van der Waals surface area contributed by atoms with Crippen molar-refractivity contribution in [1.29, 1.82) is 0 Å². The molecule has 0 saturated carbocycles. The zero-order valence-electron chi connectivity index (χ0n) is 21.6. The van der Waals surface area contributed by atoms with E-state index in [1.807, 2.05) is 71.1 Å². The molecule has 8 nitrogen and oxygen atoms in total. The van der Waals surface area contributed by atoms with E-state index in [1.54, 1.807) is 12.0 Å². The summed E-state index contributed by atoms with van der Waals surface area (Å²) >= 11 is 0. The number of methoxy groups -OCH3 is 1. The summed E-state index contributed by atoms with van der Waals surface area (Å²) in [7, 11) is 1.14. The van der Waals surface area contributed by atoms with Crippen LogP contribution in [-0.2, 0) is 25.4 Å². The average Bonchev–Trinajstić information content (AvgIpc) is 3.09. The van der Waals surface area contributed by atoms with E-state index < -0.39 is 18.3 Å². The largest absolute Gasteiger partial charge is 0.496 e. The molecule has 188 valence electrons.